The highest BCUT2D eigenvalue weighted by Gasteiger charge is 2.09. The van der Waals surface area contributed by atoms with Gasteiger partial charge in [0.2, 0.25) is 0 Å². The predicted octanol–water partition coefficient (Wildman–Crippen LogP) is 3.26. The lowest BCUT2D eigenvalue weighted by molar-refractivity contribution is 0.284. The fourth-order valence-electron chi connectivity index (χ4n) is 1.99. The molecule has 2 aromatic rings. The van der Waals surface area contributed by atoms with Gasteiger partial charge in [0.25, 0.3) is 0 Å². The number of methoxy groups -OCH3 is 1. The molecule has 0 amide bonds. The Kier molecular flexibility index (Phi) is 5.06. The van der Waals surface area contributed by atoms with E-state index in [0.717, 1.165) is 11.1 Å². The first kappa shape index (κ1) is 15.2. The van der Waals surface area contributed by atoms with E-state index >= 15 is 0 Å². The summed E-state index contributed by atoms with van der Waals surface area (Å²) in [7, 11) is 3.56. The summed E-state index contributed by atoms with van der Waals surface area (Å²) in [4.78, 5) is 0. The molecule has 0 heterocycles. The molecule has 0 radical (unpaired) electrons. The fraction of sp³-hybridized carbons (Fsp3) is 0.294. The van der Waals surface area contributed by atoms with Gasteiger partial charge >= 0.3 is 0 Å². The van der Waals surface area contributed by atoms with Crippen LogP contribution in [0.5, 0.6) is 17.2 Å². The van der Waals surface area contributed by atoms with Crippen LogP contribution < -0.4 is 14.8 Å². The van der Waals surface area contributed by atoms with E-state index in [1.165, 1.54) is 0 Å². The first-order valence-corrected chi connectivity index (χ1v) is 6.90. The molecule has 0 aliphatic heterocycles. The minimum absolute atomic E-state index is 0.252. The summed E-state index contributed by atoms with van der Waals surface area (Å²) >= 11 is 0. The van der Waals surface area contributed by atoms with Crippen LogP contribution in [0.15, 0.2) is 42.5 Å². The van der Waals surface area contributed by atoms with Crippen LogP contribution >= 0.6 is 0 Å². The van der Waals surface area contributed by atoms with E-state index in [4.69, 9.17) is 9.47 Å². The molecule has 21 heavy (non-hydrogen) atoms. The second-order valence-corrected chi connectivity index (χ2v) is 4.88. The quantitative estimate of drug-likeness (QED) is 0.856. The molecule has 0 aliphatic rings. The van der Waals surface area contributed by atoms with Gasteiger partial charge in [0.15, 0.2) is 11.5 Å². The van der Waals surface area contributed by atoms with Crippen molar-refractivity contribution in [2.75, 3.05) is 14.2 Å². The topological polar surface area (TPSA) is 50.7 Å². The van der Waals surface area contributed by atoms with E-state index in [1.54, 1.807) is 19.2 Å². The number of rotatable bonds is 6. The van der Waals surface area contributed by atoms with Gasteiger partial charge < -0.3 is 19.9 Å². The normalized spacial score (nSPS) is 12.0. The summed E-state index contributed by atoms with van der Waals surface area (Å²) in [6, 6.07) is 13.1. The van der Waals surface area contributed by atoms with E-state index in [0.29, 0.717) is 18.1 Å². The highest BCUT2D eigenvalue weighted by atomic mass is 16.5. The number of hydrogen-bond donors (Lipinski definition) is 2. The second-order valence-electron chi connectivity index (χ2n) is 4.88. The van der Waals surface area contributed by atoms with Gasteiger partial charge in [0.1, 0.15) is 12.4 Å². The zero-order chi connectivity index (χ0) is 15.2. The molecule has 1 unspecified atom stereocenters. The molecule has 0 bridgehead atoms. The zero-order valence-corrected chi connectivity index (χ0v) is 12.6. The Bertz CT molecular complexity index is 581. The Morgan fingerprint density at radius 2 is 1.81 bits per heavy atom. The van der Waals surface area contributed by atoms with Crippen LogP contribution in [0.2, 0.25) is 0 Å². The summed E-state index contributed by atoms with van der Waals surface area (Å²) in [6.45, 7) is 2.52. The van der Waals surface area contributed by atoms with Crippen molar-refractivity contribution in [2.24, 2.45) is 0 Å². The van der Waals surface area contributed by atoms with Crippen LogP contribution in [0.4, 0.5) is 0 Å². The number of nitrogens with one attached hydrogen (secondary N) is 1. The monoisotopic (exact) mass is 287 g/mol. The Morgan fingerprint density at radius 3 is 2.43 bits per heavy atom. The average molecular weight is 287 g/mol. The third kappa shape index (κ3) is 3.89. The fourth-order valence-corrected chi connectivity index (χ4v) is 1.99. The van der Waals surface area contributed by atoms with E-state index in [9.17, 15) is 5.11 Å². The van der Waals surface area contributed by atoms with Gasteiger partial charge in [-0.05, 0) is 49.4 Å². The van der Waals surface area contributed by atoms with Crippen molar-refractivity contribution in [1.82, 2.24) is 5.32 Å². The number of benzene rings is 2. The van der Waals surface area contributed by atoms with Gasteiger partial charge in [-0.3, -0.25) is 0 Å². The zero-order valence-electron chi connectivity index (χ0n) is 12.6. The molecule has 4 heteroatoms. The molecule has 1 atom stereocenters. The highest BCUT2D eigenvalue weighted by Crippen LogP contribution is 2.30. The maximum atomic E-state index is 9.26. The first-order chi connectivity index (χ1) is 10.1. The van der Waals surface area contributed by atoms with Gasteiger partial charge in [-0.1, -0.05) is 18.2 Å². The Morgan fingerprint density at radius 1 is 1.10 bits per heavy atom. The third-order valence-electron chi connectivity index (χ3n) is 3.45. The summed E-state index contributed by atoms with van der Waals surface area (Å²) < 4.78 is 11.2. The number of phenolic OH excluding ortho intramolecular Hbond substituents is 1. The SMILES string of the molecule is CNC(C)c1ccc(OCc2ccc(O)cc2)c(OC)c1. The Hall–Kier alpha value is -2.20. The molecule has 0 saturated carbocycles. The predicted molar refractivity (Wildman–Crippen MR) is 82.9 cm³/mol. The number of aromatic hydroxyl groups is 1. The van der Waals surface area contributed by atoms with Crippen molar-refractivity contribution in [3.8, 4) is 17.2 Å². The van der Waals surface area contributed by atoms with Crippen LogP contribution in [-0.2, 0) is 6.61 Å². The van der Waals surface area contributed by atoms with Crippen LogP contribution in [0.3, 0.4) is 0 Å². The van der Waals surface area contributed by atoms with Crippen molar-refractivity contribution < 1.29 is 14.6 Å². The van der Waals surface area contributed by atoms with E-state index in [2.05, 4.69) is 12.2 Å². The Balaban J connectivity index is 2.10. The minimum Gasteiger partial charge on any atom is -0.508 e. The number of hydrogen-bond acceptors (Lipinski definition) is 4. The molecule has 2 aromatic carbocycles. The first-order valence-electron chi connectivity index (χ1n) is 6.90. The third-order valence-corrected chi connectivity index (χ3v) is 3.45. The standard InChI is InChI=1S/C17H21NO3/c1-12(18-2)14-6-9-16(17(10-14)20-3)21-11-13-4-7-15(19)8-5-13/h4-10,12,18-19H,11H2,1-3H3. The van der Waals surface area contributed by atoms with Crippen molar-refractivity contribution >= 4 is 0 Å². The van der Waals surface area contributed by atoms with Gasteiger partial charge in [-0.15, -0.1) is 0 Å². The van der Waals surface area contributed by atoms with Crippen molar-refractivity contribution in [3.05, 3.63) is 53.6 Å². The molecule has 0 spiro atoms. The summed E-state index contributed by atoms with van der Waals surface area (Å²) in [5.74, 6) is 1.67. The lowest BCUT2D eigenvalue weighted by Gasteiger charge is -2.15. The van der Waals surface area contributed by atoms with Crippen molar-refractivity contribution in [2.45, 2.75) is 19.6 Å². The summed E-state index contributed by atoms with van der Waals surface area (Å²) in [5.41, 5.74) is 2.13. The van der Waals surface area contributed by atoms with E-state index in [1.807, 2.05) is 37.4 Å². The lowest BCUT2D eigenvalue weighted by Crippen LogP contribution is -2.12. The highest BCUT2D eigenvalue weighted by molar-refractivity contribution is 5.44. The maximum absolute atomic E-state index is 9.26. The second kappa shape index (κ2) is 6.99. The summed E-state index contributed by atoms with van der Waals surface area (Å²) in [5, 5.41) is 12.5. The molecule has 0 fully saturated rings. The van der Waals surface area contributed by atoms with Crippen LogP contribution in [-0.4, -0.2) is 19.3 Å². The average Bonchev–Trinajstić information content (AvgIpc) is 2.53. The summed E-state index contributed by atoms with van der Waals surface area (Å²) in [6.07, 6.45) is 0. The molecule has 2 N–H and O–H groups in total. The molecular weight excluding hydrogens is 266 g/mol. The molecule has 0 aromatic heterocycles. The molecule has 112 valence electrons. The van der Waals surface area contributed by atoms with E-state index in [-0.39, 0.29) is 11.8 Å². The van der Waals surface area contributed by atoms with Crippen LogP contribution in [0.1, 0.15) is 24.1 Å². The van der Waals surface area contributed by atoms with E-state index < -0.39 is 0 Å². The maximum Gasteiger partial charge on any atom is 0.161 e. The molecule has 4 nitrogen and oxygen atoms in total. The van der Waals surface area contributed by atoms with Gasteiger partial charge in [0, 0.05) is 6.04 Å². The molecule has 0 saturated heterocycles. The van der Waals surface area contributed by atoms with Crippen LogP contribution in [0.25, 0.3) is 0 Å². The molecule has 2 rings (SSSR count). The van der Waals surface area contributed by atoms with Gasteiger partial charge in [-0.2, -0.15) is 0 Å². The van der Waals surface area contributed by atoms with Crippen LogP contribution in [0, 0.1) is 0 Å². The minimum atomic E-state index is 0.252. The van der Waals surface area contributed by atoms with Gasteiger partial charge in [0.05, 0.1) is 7.11 Å². The molecular formula is C17H21NO3. The Labute approximate surface area is 125 Å². The van der Waals surface area contributed by atoms with Crippen molar-refractivity contribution in [3.63, 3.8) is 0 Å². The number of phenols is 1. The van der Waals surface area contributed by atoms with Gasteiger partial charge in [-0.25, -0.2) is 0 Å². The molecule has 0 aliphatic carbocycles. The largest absolute Gasteiger partial charge is 0.508 e. The van der Waals surface area contributed by atoms with Crippen molar-refractivity contribution in [1.29, 1.82) is 0 Å². The smallest absolute Gasteiger partial charge is 0.161 e. The number of ether oxygens (including phenoxy) is 2. The lowest BCUT2D eigenvalue weighted by atomic mass is 10.1.